The summed E-state index contributed by atoms with van der Waals surface area (Å²) in [6.45, 7) is 2.42. The lowest BCUT2D eigenvalue weighted by Crippen LogP contribution is -2.44. The zero-order valence-corrected chi connectivity index (χ0v) is 20.3. The third kappa shape index (κ3) is 4.72. The molecule has 0 saturated carbocycles. The fourth-order valence-electron chi connectivity index (χ4n) is 4.13. The Kier molecular flexibility index (Phi) is 6.79. The first-order chi connectivity index (χ1) is 16.3. The van der Waals surface area contributed by atoms with Gasteiger partial charge in [0.15, 0.2) is 11.5 Å². The molecular formula is C26H28N2O5S. The third-order valence-electron chi connectivity index (χ3n) is 5.97. The highest BCUT2D eigenvalue weighted by atomic mass is 32.2. The molecule has 178 valence electrons. The lowest BCUT2D eigenvalue weighted by Gasteiger charge is -2.32. The summed E-state index contributed by atoms with van der Waals surface area (Å²) >= 11 is 0. The number of sulfonamides is 1. The van der Waals surface area contributed by atoms with Crippen LogP contribution in [0.4, 0.5) is 5.69 Å². The van der Waals surface area contributed by atoms with Crippen molar-refractivity contribution in [3.63, 3.8) is 0 Å². The molecule has 0 N–H and O–H groups in total. The van der Waals surface area contributed by atoms with Crippen molar-refractivity contribution < 1.29 is 22.7 Å². The van der Waals surface area contributed by atoms with Crippen molar-refractivity contribution in [1.29, 1.82) is 0 Å². The number of carbonyl (C=O) groups excluding carboxylic acids is 1. The fraction of sp³-hybridized carbons (Fsp3) is 0.269. The van der Waals surface area contributed by atoms with Gasteiger partial charge in [0, 0.05) is 13.1 Å². The first-order valence-corrected chi connectivity index (χ1v) is 12.4. The molecule has 0 atom stereocenters. The van der Waals surface area contributed by atoms with Crippen molar-refractivity contribution in [3.8, 4) is 11.5 Å². The summed E-state index contributed by atoms with van der Waals surface area (Å²) in [5.41, 5.74) is 3.33. The van der Waals surface area contributed by atoms with E-state index in [0.717, 1.165) is 16.7 Å². The Morgan fingerprint density at radius 1 is 0.941 bits per heavy atom. The molecule has 0 saturated heterocycles. The number of nitrogens with zero attached hydrogens (tertiary/aromatic N) is 2. The maximum Gasteiger partial charge on any atom is 0.264 e. The van der Waals surface area contributed by atoms with Crippen molar-refractivity contribution >= 4 is 21.6 Å². The van der Waals surface area contributed by atoms with E-state index in [-0.39, 0.29) is 17.3 Å². The molecule has 0 fully saturated rings. The quantitative estimate of drug-likeness (QED) is 0.514. The van der Waals surface area contributed by atoms with Gasteiger partial charge in [-0.25, -0.2) is 8.42 Å². The molecule has 7 nitrogen and oxygen atoms in total. The van der Waals surface area contributed by atoms with Gasteiger partial charge in [-0.05, 0) is 66.4 Å². The van der Waals surface area contributed by atoms with Crippen LogP contribution < -0.4 is 13.8 Å². The highest BCUT2D eigenvalue weighted by molar-refractivity contribution is 7.92. The highest BCUT2D eigenvalue weighted by Crippen LogP contribution is 2.33. The van der Waals surface area contributed by atoms with E-state index >= 15 is 0 Å². The first-order valence-electron chi connectivity index (χ1n) is 11.0. The highest BCUT2D eigenvalue weighted by Gasteiger charge is 2.30. The number of rotatable bonds is 7. The molecule has 0 aromatic heterocycles. The van der Waals surface area contributed by atoms with Crippen LogP contribution >= 0.6 is 0 Å². The van der Waals surface area contributed by atoms with E-state index in [1.807, 2.05) is 31.2 Å². The van der Waals surface area contributed by atoms with Crippen LogP contribution in [0.25, 0.3) is 0 Å². The van der Waals surface area contributed by atoms with E-state index in [9.17, 15) is 13.2 Å². The monoisotopic (exact) mass is 480 g/mol. The van der Waals surface area contributed by atoms with Crippen LogP contribution in [0.15, 0.2) is 71.6 Å². The average molecular weight is 481 g/mol. The summed E-state index contributed by atoms with van der Waals surface area (Å²) in [7, 11) is -0.775. The van der Waals surface area contributed by atoms with E-state index in [2.05, 4.69) is 0 Å². The SMILES string of the molecule is COc1cc2c(cc1OC)CN(C(=O)CN(c1ccccc1)S(=O)(=O)c1cccc(C)c1)CC2. The van der Waals surface area contributed by atoms with Gasteiger partial charge in [-0.2, -0.15) is 0 Å². The van der Waals surface area contributed by atoms with Crippen LogP contribution in [0.2, 0.25) is 0 Å². The van der Waals surface area contributed by atoms with Crippen LogP contribution in [0.1, 0.15) is 16.7 Å². The minimum Gasteiger partial charge on any atom is -0.493 e. The zero-order chi connectivity index (χ0) is 24.3. The standard InChI is InChI=1S/C26H28N2O5S/c1-19-8-7-11-23(14-19)34(30,31)28(22-9-5-4-6-10-22)18-26(29)27-13-12-20-15-24(32-2)25(33-3)16-21(20)17-27/h4-11,14-16H,12-13,17-18H2,1-3H3. The van der Waals surface area contributed by atoms with Crippen LogP contribution in [0.5, 0.6) is 11.5 Å². The smallest absolute Gasteiger partial charge is 0.264 e. The molecule has 0 radical (unpaired) electrons. The molecule has 4 rings (SSSR count). The second-order valence-electron chi connectivity index (χ2n) is 8.20. The molecular weight excluding hydrogens is 452 g/mol. The number of amides is 1. The van der Waals surface area contributed by atoms with Gasteiger partial charge in [0.25, 0.3) is 10.0 Å². The largest absolute Gasteiger partial charge is 0.493 e. The number of ether oxygens (including phenoxy) is 2. The number of hydrogen-bond acceptors (Lipinski definition) is 5. The molecule has 0 spiro atoms. The zero-order valence-electron chi connectivity index (χ0n) is 19.5. The third-order valence-corrected chi connectivity index (χ3v) is 7.74. The lowest BCUT2D eigenvalue weighted by atomic mass is 9.98. The Morgan fingerprint density at radius 2 is 1.62 bits per heavy atom. The average Bonchev–Trinajstić information content (AvgIpc) is 2.86. The molecule has 3 aromatic rings. The van der Waals surface area contributed by atoms with Crippen molar-refractivity contribution in [2.75, 3.05) is 31.6 Å². The minimum absolute atomic E-state index is 0.157. The fourth-order valence-corrected chi connectivity index (χ4v) is 5.65. The van der Waals surface area contributed by atoms with Gasteiger partial charge >= 0.3 is 0 Å². The number of fused-ring (bicyclic) bond motifs is 1. The van der Waals surface area contributed by atoms with Gasteiger partial charge in [-0.1, -0.05) is 30.3 Å². The molecule has 0 aliphatic carbocycles. The Hall–Kier alpha value is -3.52. The van der Waals surface area contributed by atoms with Gasteiger partial charge in [0.1, 0.15) is 6.54 Å². The minimum atomic E-state index is -3.94. The van der Waals surface area contributed by atoms with Crippen molar-refractivity contribution in [2.45, 2.75) is 24.8 Å². The number of methoxy groups -OCH3 is 2. The number of aryl methyl sites for hydroxylation is 1. The van der Waals surface area contributed by atoms with Gasteiger partial charge in [-0.3, -0.25) is 9.10 Å². The molecule has 1 aliphatic rings. The van der Waals surface area contributed by atoms with Crippen molar-refractivity contribution in [3.05, 3.63) is 83.4 Å². The van der Waals surface area contributed by atoms with Crippen LogP contribution in [-0.2, 0) is 27.8 Å². The summed E-state index contributed by atoms with van der Waals surface area (Å²) in [5, 5.41) is 0. The molecule has 0 bridgehead atoms. The predicted octanol–water partition coefficient (Wildman–Crippen LogP) is 3.79. The first kappa shape index (κ1) is 23.6. The van der Waals surface area contributed by atoms with E-state index in [4.69, 9.17) is 9.47 Å². The van der Waals surface area contributed by atoms with E-state index in [0.29, 0.717) is 36.7 Å². The van der Waals surface area contributed by atoms with Gasteiger partial charge in [-0.15, -0.1) is 0 Å². The number of hydrogen-bond donors (Lipinski definition) is 0. The van der Waals surface area contributed by atoms with E-state index in [1.54, 1.807) is 61.6 Å². The predicted molar refractivity (Wildman–Crippen MR) is 131 cm³/mol. The number of benzene rings is 3. The number of carbonyl (C=O) groups is 1. The van der Waals surface area contributed by atoms with E-state index < -0.39 is 10.0 Å². The van der Waals surface area contributed by atoms with Gasteiger partial charge in [0.05, 0.1) is 24.8 Å². The van der Waals surface area contributed by atoms with Gasteiger partial charge in [0.2, 0.25) is 5.91 Å². The molecule has 1 heterocycles. The van der Waals surface area contributed by atoms with Crippen molar-refractivity contribution in [1.82, 2.24) is 4.90 Å². The number of para-hydroxylation sites is 1. The summed E-state index contributed by atoms with van der Waals surface area (Å²) in [6, 6.07) is 19.3. The van der Waals surface area contributed by atoms with Crippen LogP contribution in [0.3, 0.4) is 0 Å². The Balaban J connectivity index is 1.62. The summed E-state index contributed by atoms with van der Waals surface area (Å²) < 4.78 is 39.1. The normalized spacial score (nSPS) is 13.2. The summed E-state index contributed by atoms with van der Waals surface area (Å²) in [4.78, 5) is 15.2. The van der Waals surface area contributed by atoms with Crippen molar-refractivity contribution in [2.24, 2.45) is 0 Å². The second-order valence-corrected chi connectivity index (χ2v) is 10.1. The molecule has 1 amide bonds. The lowest BCUT2D eigenvalue weighted by molar-refractivity contribution is -0.130. The van der Waals surface area contributed by atoms with Crippen LogP contribution in [0, 0.1) is 6.92 Å². The maximum atomic E-state index is 13.6. The molecule has 34 heavy (non-hydrogen) atoms. The Morgan fingerprint density at radius 3 is 2.26 bits per heavy atom. The maximum absolute atomic E-state index is 13.6. The van der Waals surface area contributed by atoms with Gasteiger partial charge < -0.3 is 14.4 Å². The molecule has 1 aliphatic heterocycles. The molecule has 3 aromatic carbocycles. The Bertz CT molecular complexity index is 1290. The number of anilines is 1. The van der Waals surface area contributed by atoms with E-state index in [1.165, 1.54) is 4.31 Å². The summed E-state index contributed by atoms with van der Waals surface area (Å²) in [5.74, 6) is 0.990. The molecule has 0 unspecified atom stereocenters. The molecule has 8 heteroatoms. The second kappa shape index (κ2) is 9.77. The summed E-state index contributed by atoms with van der Waals surface area (Å²) in [6.07, 6.45) is 0.650. The topological polar surface area (TPSA) is 76.2 Å². The van der Waals surface area contributed by atoms with Crippen LogP contribution in [-0.4, -0.2) is 46.5 Å². The Labute approximate surface area is 200 Å².